The Labute approximate surface area is 108 Å². The van der Waals surface area contributed by atoms with Gasteiger partial charge in [-0.3, -0.25) is 5.01 Å². The van der Waals surface area contributed by atoms with Gasteiger partial charge in [-0.05, 0) is 26.0 Å². The van der Waals surface area contributed by atoms with Crippen LogP contribution in [0.25, 0.3) is 0 Å². The van der Waals surface area contributed by atoms with Crippen molar-refractivity contribution in [1.29, 1.82) is 0 Å². The lowest BCUT2D eigenvalue weighted by Gasteiger charge is -2.28. The number of nitrogens with zero attached hydrogens (tertiary/aromatic N) is 3. The Hall–Kier alpha value is -1.91. The van der Waals surface area contributed by atoms with Crippen molar-refractivity contribution in [3.05, 3.63) is 18.2 Å². The fourth-order valence-corrected chi connectivity index (χ4v) is 1.77. The summed E-state index contributed by atoms with van der Waals surface area (Å²) in [6.07, 6.45) is 1.94. The lowest BCUT2D eigenvalue weighted by molar-refractivity contribution is 0.244. The van der Waals surface area contributed by atoms with E-state index in [2.05, 4.69) is 10.0 Å². The van der Waals surface area contributed by atoms with E-state index in [4.69, 9.17) is 10.5 Å². The summed E-state index contributed by atoms with van der Waals surface area (Å²) >= 11 is 0. The van der Waals surface area contributed by atoms with Crippen LogP contribution in [0.15, 0.2) is 23.3 Å². The van der Waals surface area contributed by atoms with Gasteiger partial charge in [-0.1, -0.05) is 0 Å². The second-order valence-corrected chi connectivity index (χ2v) is 4.69. The maximum absolute atomic E-state index is 5.90. The molecule has 2 N–H and O–H groups in total. The molecule has 1 aromatic rings. The lowest BCUT2D eigenvalue weighted by Crippen LogP contribution is -2.35. The number of ether oxygens (including phenoxy) is 1. The van der Waals surface area contributed by atoms with Crippen molar-refractivity contribution in [2.75, 3.05) is 30.8 Å². The van der Waals surface area contributed by atoms with Gasteiger partial charge in [-0.25, -0.2) is 0 Å². The highest BCUT2D eigenvalue weighted by molar-refractivity contribution is 5.81. The van der Waals surface area contributed by atoms with Crippen LogP contribution in [0.4, 0.5) is 11.4 Å². The summed E-state index contributed by atoms with van der Waals surface area (Å²) in [7, 11) is 1.96. The van der Waals surface area contributed by atoms with Crippen LogP contribution in [0.2, 0.25) is 0 Å². The minimum Gasteiger partial charge on any atom is -0.489 e. The molecule has 0 aromatic heterocycles. The maximum Gasteiger partial charge on any atom is 0.144 e. The third kappa shape index (κ3) is 2.85. The first-order chi connectivity index (χ1) is 8.56. The Kier molecular flexibility index (Phi) is 3.60. The number of likely N-dealkylation sites (N-methyl/N-ethyl adjacent to an activating group) is 1. The highest BCUT2D eigenvalue weighted by Gasteiger charge is 2.12. The Morgan fingerprint density at radius 2 is 2.11 bits per heavy atom. The number of benzene rings is 1. The molecule has 0 saturated carbocycles. The first-order valence-electron chi connectivity index (χ1n) is 6.14. The normalized spacial score (nSPS) is 15.3. The van der Waals surface area contributed by atoms with Crippen molar-refractivity contribution in [2.45, 2.75) is 20.0 Å². The zero-order chi connectivity index (χ0) is 13.1. The van der Waals surface area contributed by atoms with Crippen LogP contribution in [0.3, 0.4) is 0 Å². The summed E-state index contributed by atoms with van der Waals surface area (Å²) in [4.78, 5) is 2.09. The van der Waals surface area contributed by atoms with Gasteiger partial charge in [-0.15, -0.1) is 0 Å². The van der Waals surface area contributed by atoms with Gasteiger partial charge in [-0.2, -0.15) is 5.10 Å². The molecule has 0 bridgehead atoms. The number of nitrogens with two attached hydrogens (primary N) is 1. The van der Waals surface area contributed by atoms with Gasteiger partial charge in [0.1, 0.15) is 12.1 Å². The van der Waals surface area contributed by atoms with Gasteiger partial charge < -0.3 is 15.4 Å². The largest absolute Gasteiger partial charge is 0.489 e. The quantitative estimate of drug-likeness (QED) is 0.828. The second kappa shape index (κ2) is 5.16. The summed E-state index contributed by atoms with van der Waals surface area (Å²) in [5.74, 6) is 0.731. The van der Waals surface area contributed by atoms with Crippen molar-refractivity contribution in [1.82, 2.24) is 5.01 Å². The fraction of sp³-hybridized carbons (Fsp3) is 0.462. The molecule has 0 atom stereocenters. The van der Waals surface area contributed by atoms with E-state index in [9.17, 15) is 0 Å². The Morgan fingerprint density at radius 3 is 2.72 bits per heavy atom. The van der Waals surface area contributed by atoms with Crippen LogP contribution in [-0.4, -0.2) is 37.6 Å². The van der Waals surface area contributed by atoms with Crippen LogP contribution >= 0.6 is 0 Å². The molecule has 0 fully saturated rings. The smallest absolute Gasteiger partial charge is 0.144 e. The lowest BCUT2D eigenvalue weighted by atomic mass is 10.2. The minimum absolute atomic E-state index is 0.115. The molecular weight excluding hydrogens is 228 g/mol. The highest BCUT2D eigenvalue weighted by atomic mass is 16.5. The Morgan fingerprint density at radius 1 is 1.33 bits per heavy atom. The molecule has 1 aromatic carbocycles. The van der Waals surface area contributed by atoms with Crippen molar-refractivity contribution in [3.63, 3.8) is 0 Å². The summed E-state index contributed by atoms with van der Waals surface area (Å²) in [5.41, 5.74) is 7.62. The van der Waals surface area contributed by atoms with E-state index in [-0.39, 0.29) is 6.10 Å². The predicted octanol–water partition coefficient (Wildman–Crippen LogP) is 1.75. The number of anilines is 2. The average Bonchev–Trinajstić information content (AvgIpc) is 2.32. The first-order valence-corrected chi connectivity index (χ1v) is 6.14. The van der Waals surface area contributed by atoms with E-state index in [1.807, 2.05) is 50.4 Å². The SMILES string of the molecule is CC(C)Oc1cc(N2C=NN(C)CC2)ccc1N. The molecule has 0 spiro atoms. The standard InChI is InChI=1S/C13H20N4O/c1-10(2)18-13-8-11(4-5-12(13)14)17-7-6-16(3)15-9-17/h4-5,8-10H,6-7,14H2,1-3H3. The number of hydrogen-bond acceptors (Lipinski definition) is 5. The second-order valence-electron chi connectivity index (χ2n) is 4.69. The molecule has 0 aliphatic carbocycles. The number of rotatable bonds is 3. The van der Waals surface area contributed by atoms with Crippen molar-refractivity contribution < 1.29 is 4.74 Å². The zero-order valence-corrected chi connectivity index (χ0v) is 11.1. The van der Waals surface area contributed by atoms with E-state index in [1.165, 1.54) is 0 Å². The van der Waals surface area contributed by atoms with Crippen molar-refractivity contribution in [2.24, 2.45) is 5.10 Å². The summed E-state index contributed by atoms with van der Waals surface area (Å²) in [6.45, 7) is 5.79. The number of nitrogen functional groups attached to an aromatic ring is 1. The number of hydrogen-bond donors (Lipinski definition) is 1. The topological polar surface area (TPSA) is 54.1 Å². The molecule has 18 heavy (non-hydrogen) atoms. The molecule has 0 saturated heterocycles. The van der Waals surface area contributed by atoms with Gasteiger partial charge in [0.15, 0.2) is 0 Å². The van der Waals surface area contributed by atoms with Crippen LogP contribution in [0, 0.1) is 0 Å². The van der Waals surface area contributed by atoms with E-state index >= 15 is 0 Å². The molecule has 1 aliphatic rings. The molecule has 0 radical (unpaired) electrons. The summed E-state index contributed by atoms with van der Waals surface area (Å²) in [6, 6.07) is 5.83. The molecule has 1 heterocycles. The van der Waals surface area contributed by atoms with Crippen molar-refractivity contribution in [3.8, 4) is 5.75 Å². The average molecular weight is 248 g/mol. The third-order valence-electron chi connectivity index (χ3n) is 2.74. The van der Waals surface area contributed by atoms with Crippen LogP contribution in [0.1, 0.15) is 13.8 Å². The van der Waals surface area contributed by atoms with Crippen LogP contribution < -0.4 is 15.4 Å². The number of hydrazone groups is 1. The maximum atomic E-state index is 5.90. The summed E-state index contributed by atoms with van der Waals surface area (Å²) < 4.78 is 5.69. The molecule has 98 valence electrons. The molecular formula is C13H20N4O. The van der Waals surface area contributed by atoms with E-state index < -0.39 is 0 Å². The molecule has 0 amide bonds. The van der Waals surface area contributed by atoms with Crippen LogP contribution in [-0.2, 0) is 0 Å². The van der Waals surface area contributed by atoms with Gasteiger partial charge >= 0.3 is 0 Å². The highest BCUT2D eigenvalue weighted by Crippen LogP contribution is 2.28. The van der Waals surface area contributed by atoms with Gasteiger partial charge in [0.2, 0.25) is 0 Å². The van der Waals surface area contributed by atoms with E-state index in [0.29, 0.717) is 5.69 Å². The van der Waals surface area contributed by atoms with Gasteiger partial charge in [0.25, 0.3) is 0 Å². The molecule has 5 nitrogen and oxygen atoms in total. The molecule has 1 aliphatic heterocycles. The zero-order valence-electron chi connectivity index (χ0n) is 11.1. The summed E-state index contributed by atoms with van der Waals surface area (Å²) in [5, 5.41) is 6.18. The molecule has 5 heteroatoms. The fourth-order valence-electron chi connectivity index (χ4n) is 1.77. The van der Waals surface area contributed by atoms with Gasteiger partial charge in [0, 0.05) is 25.3 Å². The monoisotopic (exact) mass is 248 g/mol. The minimum atomic E-state index is 0.115. The molecule has 0 unspecified atom stereocenters. The first kappa shape index (κ1) is 12.5. The Bertz CT molecular complexity index is 445. The van der Waals surface area contributed by atoms with E-state index in [0.717, 1.165) is 24.5 Å². The molecule has 2 rings (SSSR count). The predicted molar refractivity (Wildman–Crippen MR) is 75.1 cm³/mol. The van der Waals surface area contributed by atoms with Gasteiger partial charge in [0.05, 0.1) is 18.3 Å². The third-order valence-corrected chi connectivity index (χ3v) is 2.74. The van der Waals surface area contributed by atoms with Crippen molar-refractivity contribution >= 4 is 17.7 Å². The van der Waals surface area contributed by atoms with Crippen LogP contribution in [0.5, 0.6) is 5.75 Å². The van der Waals surface area contributed by atoms with E-state index in [1.54, 1.807) is 0 Å². The Balaban J connectivity index is 2.21.